The Labute approximate surface area is 164 Å². The zero-order chi connectivity index (χ0) is 21.6. The highest BCUT2D eigenvalue weighted by molar-refractivity contribution is 5.93. The van der Waals surface area contributed by atoms with Crippen molar-refractivity contribution >= 4 is 23.6 Å². The third-order valence-electron chi connectivity index (χ3n) is 3.78. The van der Waals surface area contributed by atoms with E-state index < -0.39 is 23.3 Å². The number of benzene rings is 1. The zero-order valence-corrected chi connectivity index (χ0v) is 15.8. The molecule has 0 radical (unpaired) electrons. The monoisotopic (exact) mass is 411 g/mol. The number of nitrogens with zero attached hydrogens (tertiary/aromatic N) is 2. The molecule has 0 bridgehead atoms. The molecule has 1 aromatic heterocycles. The molecule has 11 heteroatoms. The van der Waals surface area contributed by atoms with Gasteiger partial charge in [0.1, 0.15) is 0 Å². The molecule has 0 aliphatic carbocycles. The van der Waals surface area contributed by atoms with E-state index in [0.717, 1.165) is 12.1 Å². The van der Waals surface area contributed by atoms with E-state index >= 15 is 0 Å². The minimum atomic E-state index is -4.49. The standard InChI is InChI=1S/C18H20F3N5O3/c1-3-29-14(27)8-7-13-10(2)23-17(25-15(13)28)26-16(22)24-12-6-4-5-11(9-12)18(19,20)21/h4-6,9H,3,7-8H2,1-2H3,(H4,22,23,24,25,26,28). The molecule has 1 aromatic carbocycles. The average molecular weight is 411 g/mol. The van der Waals surface area contributed by atoms with Crippen molar-refractivity contribution in [3.8, 4) is 0 Å². The van der Waals surface area contributed by atoms with Crippen molar-refractivity contribution in [3.05, 3.63) is 51.4 Å². The second kappa shape index (κ2) is 9.22. The lowest BCUT2D eigenvalue weighted by molar-refractivity contribution is -0.143. The SMILES string of the molecule is CCOC(=O)CCc1c(C)nc(/N=C(\N)Nc2cccc(C(F)(F)F)c2)[nH]c1=O. The van der Waals surface area contributed by atoms with Gasteiger partial charge >= 0.3 is 12.1 Å². The van der Waals surface area contributed by atoms with Crippen molar-refractivity contribution in [2.75, 3.05) is 11.9 Å². The molecular formula is C18H20F3N5O3. The van der Waals surface area contributed by atoms with Crippen LogP contribution in [0.2, 0.25) is 0 Å². The average Bonchev–Trinajstić information content (AvgIpc) is 2.60. The summed E-state index contributed by atoms with van der Waals surface area (Å²) in [4.78, 5) is 34.1. The van der Waals surface area contributed by atoms with Crippen LogP contribution in [0.5, 0.6) is 0 Å². The number of rotatable bonds is 6. The molecule has 2 aromatic rings. The Morgan fingerprint density at radius 3 is 2.72 bits per heavy atom. The Morgan fingerprint density at radius 2 is 2.10 bits per heavy atom. The van der Waals surface area contributed by atoms with Gasteiger partial charge in [-0.05, 0) is 38.5 Å². The predicted molar refractivity (Wildman–Crippen MR) is 101 cm³/mol. The van der Waals surface area contributed by atoms with Crippen molar-refractivity contribution in [3.63, 3.8) is 0 Å². The van der Waals surface area contributed by atoms with Crippen LogP contribution in [-0.4, -0.2) is 28.5 Å². The molecule has 29 heavy (non-hydrogen) atoms. The Bertz CT molecular complexity index is 970. The number of carbonyl (C=O) groups excluding carboxylic acids is 1. The van der Waals surface area contributed by atoms with Crippen LogP contribution >= 0.6 is 0 Å². The van der Waals surface area contributed by atoms with Gasteiger partial charge in [0, 0.05) is 17.7 Å². The van der Waals surface area contributed by atoms with Gasteiger partial charge in [-0.1, -0.05) is 6.07 Å². The minimum Gasteiger partial charge on any atom is -0.466 e. The molecule has 0 aliphatic rings. The number of halogens is 3. The first kappa shape index (κ1) is 21.9. The van der Waals surface area contributed by atoms with Crippen LogP contribution in [0, 0.1) is 6.92 Å². The quantitative estimate of drug-likeness (QED) is 0.382. The Hall–Kier alpha value is -3.37. The lowest BCUT2D eigenvalue weighted by Crippen LogP contribution is -2.23. The van der Waals surface area contributed by atoms with Crippen molar-refractivity contribution in [1.82, 2.24) is 9.97 Å². The van der Waals surface area contributed by atoms with E-state index in [-0.39, 0.29) is 37.0 Å². The fourth-order valence-corrected chi connectivity index (χ4v) is 2.47. The molecule has 2 rings (SSSR count). The number of nitrogens with one attached hydrogen (secondary N) is 2. The summed E-state index contributed by atoms with van der Waals surface area (Å²) in [6, 6.07) is 4.41. The summed E-state index contributed by atoms with van der Waals surface area (Å²) in [7, 11) is 0. The summed E-state index contributed by atoms with van der Waals surface area (Å²) in [6.45, 7) is 3.51. The topological polar surface area (TPSA) is 122 Å². The molecule has 0 amide bonds. The number of aromatic nitrogens is 2. The van der Waals surface area contributed by atoms with E-state index in [1.54, 1.807) is 13.8 Å². The van der Waals surface area contributed by atoms with E-state index in [1.807, 2.05) is 0 Å². The fourth-order valence-electron chi connectivity index (χ4n) is 2.47. The van der Waals surface area contributed by atoms with E-state index in [9.17, 15) is 22.8 Å². The molecular weight excluding hydrogens is 391 g/mol. The van der Waals surface area contributed by atoms with Crippen LogP contribution in [0.1, 0.15) is 30.2 Å². The number of hydrogen-bond acceptors (Lipinski definition) is 5. The lowest BCUT2D eigenvalue weighted by Gasteiger charge is -2.10. The molecule has 4 N–H and O–H groups in total. The van der Waals surface area contributed by atoms with Crippen molar-refractivity contribution in [1.29, 1.82) is 0 Å². The highest BCUT2D eigenvalue weighted by Crippen LogP contribution is 2.30. The Kier molecular flexibility index (Phi) is 6.97. The van der Waals surface area contributed by atoms with Crippen LogP contribution in [-0.2, 0) is 22.1 Å². The molecule has 0 atom stereocenters. The summed E-state index contributed by atoms with van der Waals surface area (Å²) in [5.41, 5.74) is 5.10. The highest BCUT2D eigenvalue weighted by atomic mass is 19.4. The number of aryl methyl sites for hydroxylation is 1. The number of esters is 1. The first-order chi connectivity index (χ1) is 13.6. The number of carbonyl (C=O) groups is 1. The smallest absolute Gasteiger partial charge is 0.416 e. The highest BCUT2D eigenvalue weighted by Gasteiger charge is 2.30. The van der Waals surface area contributed by atoms with Gasteiger partial charge in [-0.15, -0.1) is 0 Å². The molecule has 0 saturated heterocycles. The van der Waals surface area contributed by atoms with E-state index in [0.29, 0.717) is 11.3 Å². The molecule has 0 unspecified atom stereocenters. The number of anilines is 1. The minimum absolute atomic E-state index is 0.0291. The predicted octanol–water partition coefficient (Wildman–Crippen LogP) is 2.65. The van der Waals surface area contributed by atoms with Gasteiger partial charge in [0.2, 0.25) is 11.9 Å². The summed E-state index contributed by atoms with van der Waals surface area (Å²) >= 11 is 0. The summed E-state index contributed by atoms with van der Waals surface area (Å²) < 4.78 is 43.1. The number of alkyl halides is 3. The van der Waals surface area contributed by atoms with Crippen LogP contribution in [0.4, 0.5) is 24.8 Å². The van der Waals surface area contributed by atoms with Crippen LogP contribution < -0.4 is 16.6 Å². The summed E-state index contributed by atoms with van der Waals surface area (Å²) in [5, 5.41) is 2.52. The number of aromatic amines is 1. The van der Waals surface area contributed by atoms with Gasteiger partial charge in [-0.2, -0.15) is 18.2 Å². The molecule has 8 nitrogen and oxygen atoms in total. The van der Waals surface area contributed by atoms with Crippen molar-refractivity contribution in [2.24, 2.45) is 10.7 Å². The van der Waals surface area contributed by atoms with Crippen LogP contribution in [0.3, 0.4) is 0 Å². The van der Waals surface area contributed by atoms with Crippen LogP contribution in [0.25, 0.3) is 0 Å². The maximum atomic E-state index is 12.8. The Balaban J connectivity index is 2.15. The number of H-pyrrole nitrogens is 1. The second-order valence-corrected chi connectivity index (χ2v) is 5.96. The van der Waals surface area contributed by atoms with E-state index in [2.05, 4.69) is 20.3 Å². The molecule has 0 saturated carbocycles. The maximum Gasteiger partial charge on any atom is 0.416 e. The Morgan fingerprint density at radius 1 is 1.38 bits per heavy atom. The number of hydrogen-bond donors (Lipinski definition) is 3. The van der Waals surface area contributed by atoms with Gasteiger partial charge < -0.3 is 15.8 Å². The molecule has 156 valence electrons. The number of guanidine groups is 1. The van der Waals surface area contributed by atoms with E-state index in [1.165, 1.54) is 12.1 Å². The number of ether oxygens (including phenoxy) is 1. The van der Waals surface area contributed by atoms with Gasteiger partial charge in [0.05, 0.1) is 17.9 Å². The van der Waals surface area contributed by atoms with Crippen molar-refractivity contribution in [2.45, 2.75) is 32.9 Å². The lowest BCUT2D eigenvalue weighted by atomic mass is 10.1. The maximum absolute atomic E-state index is 12.8. The molecule has 0 aliphatic heterocycles. The van der Waals surface area contributed by atoms with Gasteiger partial charge in [-0.25, -0.2) is 4.98 Å². The van der Waals surface area contributed by atoms with Crippen LogP contribution in [0.15, 0.2) is 34.1 Å². The van der Waals surface area contributed by atoms with E-state index in [4.69, 9.17) is 10.5 Å². The molecule has 1 heterocycles. The second-order valence-electron chi connectivity index (χ2n) is 5.96. The first-order valence-electron chi connectivity index (χ1n) is 8.64. The van der Waals surface area contributed by atoms with Crippen molar-refractivity contribution < 1.29 is 22.7 Å². The summed E-state index contributed by atoms with van der Waals surface area (Å²) in [5.74, 6) is -0.807. The third kappa shape index (κ3) is 6.33. The molecule has 0 fully saturated rings. The first-order valence-corrected chi connectivity index (χ1v) is 8.64. The number of nitrogens with two attached hydrogens (primary N) is 1. The zero-order valence-electron chi connectivity index (χ0n) is 15.8. The normalized spacial score (nSPS) is 12.0. The summed E-state index contributed by atoms with van der Waals surface area (Å²) in [6.07, 6.45) is -4.32. The molecule has 0 spiro atoms. The number of aliphatic imine (C=N–C) groups is 1. The third-order valence-corrected chi connectivity index (χ3v) is 3.78. The van der Waals surface area contributed by atoms with Gasteiger partial charge in [0.25, 0.3) is 5.56 Å². The largest absolute Gasteiger partial charge is 0.466 e. The van der Waals surface area contributed by atoms with Gasteiger partial charge in [-0.3, -0.25) is 14.6 Å². The fraction of sp³-hybridized carbons (Fsp3) is 0.333. The van der Waals surface area contributed by atoms with Gasteiger partial charge in [0.15, 0.2) is 0 Å².